The predicted molar refractivity (Wildman–Crippen MR) is 94.0 cm³/mol. The zero-order chi connectivity index (χ0) is 17.7. The number of phenolic OH excluding ortho intramolecular Hbond substituents is 1. The van der Waals surface area contributed by atoms with Gasteiger partial charge in [0.2, 0.25) is 5.91 Å². The molecular formula is C19H22N2O3. The predicted octanol–water partition coefficient (Wildman–Crippen LogP) is 3.09. The van der Waals surface area contributed by atoms with Crippen LogP contribution in [0.15, 0.2) is 48.5 Å². The Morgan fingerprint density at radius 1 is 1.00 bits per heavy atom. The molecule has 1 atom stereocenters. The molecule has 0 bridgehead atoms. The van der Waals surface area contributed by atoms with Crippen LogP contribution in [0.2, 0.25) is 0 Å². The van der Waals surface area contributed by atoms with Crippen molar-refractivity contribution >= 4 is 17.5 Å². The highest BCUT2D eigenvalue weighted by Crippen LogP contribution is 2.15. The van der Waals surface area contributed by atoms with Crippen LogP contribution in [0.4, 0.5) is 5.69 Å². The Kier molecular flexibility index (Phi) is 5.58. The van der Waals surface area contributed by atoms with Crippen molar-refractivity contribution in [3.8, 4) is 5.75 Å². The maximum absolute atomic E-state index is 12.5. The Hall–Kier alpha value is -2.82. The Morgan fingerprint density at radius 3 is 2.21 bits per heavy atom. The Balaban J connectivity index is 2.11. The summed E-state index contributed by atoms with van der Waals surface area (Å²) in [5.74, 6) is -0.512. The molecule has 24 heavy (non-hydrogen) atoms. The second kappa shape index (κ2) is 7.64. The molecule has 5 nitrogen and oxygen atoms in total. The molecule has 0 saturated heterocycles. The molecule has 0 fully saturated rings. The molecule has 3 N–H and O–H groups in total. The first-order valence-electron chi connectivity index (χ1n) is 7.85. The zero-order valence-electron chi connectivity index (χ0n) is 14.0. The van der Waals surface area contributed by atoms with E-state index in [4.69, 9.17) is 0 Å². The number of aryl methyl sites for hydroxylation is 1. The fourth-order valence-corrected chi connectivity index (χ4v) is 2.35. The Labute approximate surface area is 141 Å². The summed E-state index contributed by atoms with van der Waals surface area (Å²) in [7, 11) is 0. The van der Waals surface area contributed by atoms with Crippen LogP contribution in [0.25, 0.3) is 0 Å². The molecule has 0 aliphatic heterocycles. The van der Waals surface area contributed by atoms with Gasteiger partial charge in [0.25, 0.3) is 5.91 Å². The summed E-state index contributed by atoms with van der Waals surface area (Å²) in [6, 6.07) is 12.8. The van der Waals surface area contributed by atoms with Crippen molar-refractivity contribution in [2.45, 2.75) is 26.8 Å². The van der Waals surface area contributed by atoms with Gasteiger partial charge in [-0.1, -0.05) is 32.0 Å². The third kappa shape index (κ3) is 4.35. The smallest absolute Gasteiger partial charge is 0.252 e. The van der Waals surface area contributed by atoms with Crippen molar-refractivity contribution in [2.75, 3.05) is 5.32 Å². The number of phenols is 1. The van der Waals surface area contributed by atoms with Crippen LogP contribution < -0.4 is 10.6 Å². The van der Waals surface area contributed by atoms with Gasteiger partial charge >= 0.3 is 0 Å². The summed E-state index contributed by atoms with van der Waals surface area (Å²) in [6.07, 6.45) is 0. The highest BCUT2D eigenvalue weighted by molar-refractivity contribution is 6.01. The summed E-state index contributed by atoms with van der Waals surface area (Å²) < 4.78 is 0. The number of nitrogens with one attached hydrogen (secondary N) is 2. The summed E-state index contributed by atoms with van der Waals surface area (Å²) in [4.78, 5) is 25.0. The Bertz CT molecular complexity index is 724. The molecule has 0 heterocycles. The second-order valence-electron chi connectivity index (χ2n) is 6.05. The normalized spacial score (nSPS) is 11.8. The van der Waals surface area contributed by atoms with Crippen molar-refractivity contribution in [3.05, 3.63) is 59.7 Å². The van der Waals surface area contributed by atoms with Gasteiger partial charge in [0.15, 0.2) is 0 Å². The van der Waals surface area contributed by atoms with E-state index in [0.717, 1.165) is 5.56 Å². The van der Waals surface area contributed by atoms with Crippen LogP contribution in [-0.2, 0) is 4.79 Å². The lowest BCUT2D eigenvalue weighted by molar-refractivity contribution is -0.118. The number of hydrogen-bond donors (Lipinski definition) is 3. The van der Waals surface area contributed by atoms with Crippen molar-refractivity contribution in [1.29, 1.82) is 0 Å². The minimum absolute atomic E-state index is 0.0740. The molecule has 2 rings (SSSR count). The molecule has 126 valence electrons. The largest absolute Gasteiger partial charge is 0.508 e. The topological polar surface area (TPSA) is 78.4 Å². The first-order valence-corrected chi connectivity index (χ1v) is 7.85. The van der Waals surface area contributed by atoms with Crippen LogP contribution in [-0.4, -0.2) is 23.0 Å². The number of rotatable bonds is 5. The number of carbonyl (C=O) groups is 2. The van der Waals surface area contributed by atoms with Crippen molar-refractivity contribution < 1.29 is 14.7 Å². The van der Waals surface area contributed by atoms with Crippen LogP contribution in [0.5, 0.6) is 5.75 Å². The molecule has 0 spiro atoms. The van der Waals surface area contributed by atoms with Crippen molar-refractivity contribution in [3.63, 3.8) is 0 Å². The molecular weight excluding hydrogens is 304 g/mol. The minimum Gasteiger partial charge on any atom is -0.508 e. The first kappa shape index (κ1) is 17.5. The van der Waals surface area contributed by atoms with E-state index in [9.17, 15) is 14.7 Å². The lowest BCUT2D eigenvalue weighted by Gasteiger charge is -2.22. The van der Waals surface area contributed by atoms with Gasteiger partial charge in [-0.05, 0) is 48.7 Å². The van der Waals surface area contributed by atoms with E-state index in [0.29, 0.717) is 11.3 Å². The molecule has 5 heteroatoms. The molecule has 0 aliphatic rings. The SMILES string of the molecule is Cc1ccccc1C(=O)NC(C(=O)Nc1ccc(O)cc1)C(C)C. The van der Waals surface area contributed by atoms with E-state index in [1.807, 2.05) is 32.9 Å². The van der Waals surface area contributed by atoms with Gasteiger partial charge in [0.1, 0.15) is 11.8 Å². The van der Waals surface area contributed by atoms with Gasteiger partial charge < -0.3 is 15.7 Å². The first-order chi connectivity index (χ1) is 11.4. The van der Waals surface area contributed by atoms with E-state index in [-0.39, 0.29) is 23.5 Å². The van der Waals surface area contributed by atoms with Crippen molar-refractivity contribution in [1.82, 2.24) is 5.32 Å². The van der Waals surface area contributed by atoms with E-state index in [2.05, 4.69) is 10.6 Å². The average Bonchev–Trinajstić information content (AvgIpc) is 2.54. The summed E-state index contributed by atoms with van der Waals surface area (Å²) >= 11 is 0. The van der Waals surface area contributed by atoms with E-state index < -0.39 is 6.04 Å². The molecule has 0 saturated carbocycles. The fraction of sp³-hybridized carbons (Fsp3) is 0.263. The maximum atomic E-state index is 12.5. The molecule has 2 aromatic rings. The third-order valence-corrected chi connectivity index (χ3v) is 3.76. The van der Waals surface area contributed by atoms with E-state index in [1.165, 1.54) is 12.1 Å². The molecule has 0 aliphatic carbocycles. The maximum Gasteiger partial charge on any atom is 0.252 e. The molecule has 0 aromatic heterocycles. The lowest BCUT2D eigenvalue weighted by Crippen LogP contribution is -2.47. The number of anilines is 1. The van der Waals surface area contributed by atoms with Gasteiger partial charge in [0, 0.05) is 11.3 Å². The summed E-state index contributed by atoms with van der Waals surface area (Å²) in [6.45, 7) is 5.61. The zero-order valence-corrected chi connectivity index (χ0v) is 14.0. The van der Waals surface area contributed by atoms with Gasteiger partial charge in [-0.2, -0.15) is 0 Å². The monoisotopic (exact) mass is 326 g/mol. The molecule has 2 amide bonds. The van der Waals surface area contributed by atoms with E-state index in [1.54, 1.807) is 24.3 Å². The molecule has 0 radical (unpaired) electrons. The standard InChI is InChI=1S/C19H22N2O3/c1-12(2)17(19(24)20-14-8-10-15(22)11-9-14)21-18(23)16-7-5-4-6-13(16)3/h4-12,17,22H,1-3H3,(H,20,24)(H,21,23). The Morgan fingerprint density at radius 2 is 1.62 bits per heavy atom. The summed E-state index contributed by atoms with van der Waals surface area (Å²) in [5.41, 5.74) is 1.98. The van der Waals surface area contributed by atoms with Gasteiger partial charge in [-0.15, -0.1) is 0 Å². The van der Waals surface area contributed by atoms with E-state index >= 15 is 0 Å². The van der Waals surface area contributed by atoms with Gasteiger partial charge in [-0.3, -0.25) is 9.59 Å². The molecule has 2 aromatic carbocycles. The number of aromatic hydroxyl groups is 1. The quantitative estimate of drug-likeness (QED) is 0.739. The lowest BCUT2D eigenvalue weighted by atomic mass is 10.0. The average molecular weight is 326 g/mol. The number of benzene rings is 2. The van der Waals surface area contributed by atoms with Gasteiger partial charge in [-0.25, -0.2) is 0 Å². The summed E-state index contributed by atoms with van der Waals surface area (Å²) in [5, 5.41) is 14.9. The second-order valence-corrected chi connectivity index (χ2v) is 6.05. The highest BCUT2D eigenvalue weighted by Gasteiger charge is 2.25. The fourth-order valence-electron chi connectivity index (χ4n) is 2.35. The van der Waals surface area contributed by atoms with Gasteiger partial charge in [0.05, 0.1) is 0 Å². The number of carbonyl (C=O) groups excluding carboxylic acids is 2. The van der Waals surface area contributed by atoms with Crippen LogP contribution in [0, 0.1) is 12.8 Å². The van der Waals surface area contributed by atoms with Crippen LogP contribution in [0.3, 0.4) is 0 Å². The highest BCUT2D eigenvalue weighted by atomic mass is 16.3. The minimum atomic E-state index is -0.661. The van der Waals surface area contributed by atoms with Crippen LogP contribution in [0.1, 0.15) is 29.8 Å². The van der Waals surface area contributed by atoms with Crippen molar-refractivity contribution in [2.24, 2.45) is 5.92 Å². The van der Waals surface area contributed by atoms with Crippen LogP contribution >= 0.6 is 0 Å². The number of amides is 2. The third-order valence-electron chi connectivity index (χ3n) is 3.76. The molecule has 1 unspecified atom stereocenters. The number of hydrogen-bond acceptors (Lipinski definition) is 3.